The van der Waals surface area contributed by atoms with Crippen LogP contribution in [0.2, 0.25) is 0 Å². The van der Waals surface area contributed by atoms with Crippen molar-refractivity contribution in [2.24, 2.45) is 0 Å². The second-order valence-corrected chi connectivity index (χ2v) is 6.95. The van der Waals surface area contributed by atoms with Gasteiger partial charge in [0.15, 0.2) is 0 Å². The van der Waals surface area contributed by atoms with Gasteiger partial charge in [-0.15, -0.1) is 0 Å². The highest BCUT2D eigenvalue weighted by molar-refractivity contribution is 6.22. The maximum atomic E-state index is 13.0. The summed E-state index contributed by atoms with van der Waals surface area (Å²) in [5, 5.41) is 9.31. The molecule has 1 aromatic carbocycles. The molecule has 2 heterocycles. The minimum Gasteiger partial charge on any atom is -0.462 e. The molecule has 0 radical (unpaired) electrons. The van der Waals surface area contributed by atoms with Crippen LogP contribution in [-0.2, 0) is 14.3 Å². The predicted octanol–water partition coefficient (Wildman–Crippen LogP) is 1.73. The summed E-state index contributed by atoms with van der Waals surface area (Å²) in [6.07, 6.45) is 3.78. The number of rotatable bonds is 6. The van der Waals surface area contributed by atoms with Gasteiger partial charge in [-0.1, -0.05) is 6.42 Å². The zero-order chi connectivity index (χ0) is 19.4. The van der Waals surface area contributed by atoms with E-state index in [-0.39, 0.29) is 37.5 Å². The molecule has 2 saturated heterocycles. The van der Waals surface area contributed by atoms with E-state index < -0.39 is 12.0 Å². The van der Waals surface area contributed by atoms with Crippen LogP contribution in [0.5, 0.6) is 0 Å². The molecule has 0 bridgehead atoms. The van der Waals surface area contributed by atoms with Crippen molar-refractivity contribution >= 4 is 23.5 Å². The number of imide groups is 1. The maximum Gasteiger partial charge on any atom is 0.338 e. The van der Waals surface area contributed by atoms with Gasteiger partial charge in [0.1, 0.15) is 0 Å². The number of hydrogen-bond acceptors (Lipinski definition) is 6. The minimum absolute atomic E-state index is 0.0784. The molecule has 1 aromatic rings. The normalized spacial score (nSPS) is 23.7. The van der Waals surface area contributed by atoms with E-state index >= 15 is 0 Å². The summed E-state index contributed by atoms with van der Waals surface area (Å²) in [5.41, 5.74) is 0.853. The highest BCUT2D eigenvalue weighted by Gasteiger charge is 2.44. The first-order valence-electron chi connectivity index (χ1n) is 9.57. The third kappa shape index (κ3) is 4.04. The molecule has 0 aliphatic carbocycles. The van der Waals surface area contributed by atoms with E-state index in [2.05, 4.69) is 4.90 Å². The molecule has 7 nitrogen and oxygen atoms in total. The Labute approximate surface area is 158 Å². The van der Waals surface area contributed by atoms with Gasteiger partial charge in [0.2, 0.25) is 5.91 Å². The molecular weight excluding hydrogens is 348 g/mol. The molecule has 1 N–H and O–H groups in total. The van der Waals surface area contributed by atoms with Crippen molar-refractivity contribution < 1.29 is 24.2 Å². The first kappa shape index (κ1) is 19.5. The SMILES string of the molecule is CCOC(=O)c1ccc(N2C(=O)C[C@H](N3CCCC[C@@H]3CCO)C2=O)cc1. The van der Waals surface area contributed by atoms with E-state index in [0.29, 0.717) is 17.7 Å². The molecule has 3 rings (SSSR count). The number of nitrogens with zero attached hydrogens (tertiary/aromatic N) is 2. The fourth-order valence-corrected chi connectivity index (χ4v) is 4.00. The second-order valence-electron chi connectivity index (χ2n) is 6.95. The molecule has 2 amide bonds. The fourth-order valence-electron chi connectivity index (χ4n) is 4.00. The summed E-state index contributed by atoms with van der Waals surface area (Å²) in [6.45, 7) is 2.87. The van der Waals surface area contributed by atoms with Crippen molar-refractivity contribution in [3.63, 3.8) is 0 Å². The molecule has 2 aliphatic rings. The number of likely N-dealkylation sites (tertiary alicyclic amines) is 1. The van der Waals surface area contributed by atoms with Gasteiger partial charge in [0.25, 0.3) is 5.91 Å². The van der Waals surface area contributed by atoms with Crippen LogP contribution < -0.4 is 4.90 Å². The molecule has 2 atom stereocenters. The van der Waals surface area contributed by atoms with Crippen molar-refractivity contribution in [1.82, 2.24) is 4.90 Å². The topological polar surface area (TPSA) is 87.2 Å². The van der Waals surface area contributed by atoms with Gasteiger partial charge in [-0.25, -0.2) is 9.69 Å². The van der Waals surface area contributed by atoms with Crippen molar-refractivity contribution in [3.05, 3.63) is 29.8 Å². The largest absolute Gasteiger partial charge is 0.462 e. The van der Waals surface area contributed by atoms with Crippen LogP contribution >= 0.6 is 0 Å². The number of benzene rings is 1. The molecule has 7 heteroatoms. The van der Waals surface area contributed by atoms with Crippen molar-refractivity contribution in [1.29, 1.82) is 0 Å². The van der Waals surface area contributed by atoms with E-state index in [9.17, 15) is 19.5 Å². The second kappa shape index (κ2) is 8.63. The van der Waals surface area contributed by atoms with E-state index in [1.54, 1.807) is 31.2 Å². The Bertz CT molecular complexity index is 701. The fraction of sp³-hybridized carbons (Fsp3) is 0.550. The smallest absolute Gasteiger partial charge is 0.338 e. The molecule has 0 unspecified atom stereocenters. The number of aliphatic hydroxyl groups excluding tert-OH is 1. The number of amides is 2. The third-order valence-electron chi connectivity index (χ3n) is 5.29. The Kier molecular flexibility index (Phi) is 6.23. The third-order valence-corrected chi connectivity index (χ3v) is 5.29. The van der Waals surface area contributed by atoms with Gasteiger partial charge in [-0.2, -0.15) is 0 Å². The zero-order valence-corrected chi connectivity index (χ0v) is 15.6. The van der Waals surface area contributed by atoms with E-state index in [1.165, 1.54) is 4.90 Å². The monoisotopic (exact) mass is 374 g/mol. The summed E-state index contributed by atoms with van der Waals surface area (Å²) >= 11 is 0. The molecular formula is C20H26N2O5. The zero-order valence-electron chi connectivity index (χ0n) is 15.6. The average Bonchev–Trinajstić information content (AvgIpc) is 2.97. The van der Waals surface area contributed by atoms with Crippen molar-refractivity contribution in [2.75, 3.05) is 24.7 Å². The number of carbonyl (C=O) groups is 3. The average molecular weight is 374 g/mol. The number of aliphatic hydroxyl groups is 1. The molecule has 2 aliphatic heterocycles. The Morgan fingerprint density at radius 1 is 1.22 bits per heavy atom. The Balaban J connectivity index is 1.76. The van der Waals surface area contributed by atoms with Crippen LogP contribution in [0, 0.1) is 0 Å². The summed E-state index contributed by atoms with van der Waals surface area (Å²) in [5.74, 6) is -0.892. The lowest BCUT2D eigenvalue weighted by Gasteiger charge is -2.38. The number of carbonyl (C=O) groups excluding carboxylic acids is 3. The quantitative estimate of drug-likeness (QED) is 0.603. The summed E-state index contributed by atoms with van der Waals surface area (Å²) in [4.78, 5) is 40.6. The first-order valence-corrected chi connectivity index (χ1v) is 9.57. The number of esters is 1. The van der Waals surface area contributed by atoms with Gasteiger partial charge < -0.3 is 9.84 Å². The highest BCUT2D eigenvalue weighted by atomic mass is 16.5. The first-order chi connectivity index (χ1) is 13.1. The summed E-state index contributed by atoms with van der Waals surface area (Å²) in [6, 6.07) is 6.00. The molecule has 146 valence electrons. The van der Waals surface area contributed by atoms with E-state index in [4.69, 9.17) is 4.74 Å². The lowest BCUT2D eigenvalue weighted by atomic mass is 9.97. The van der Waals surface area contributed by atoms with Crippen LogP contribution in [0.4, 0.5) is 5.69 Å². The molecule has 0 spiro atoms. The Morgan fingerprint density at radius 2 is 1.96 bits per heavy atom. The lowest BCUT2D eigenvalue weighted by molar-refractivity contribution is -0.123. The van der Waals surface area contributed by atoms with Gasteiger partial charge in [-0.3, -0.25) is 14.5 Å². The number of piperidine rings is 1. The maximum absolute atomic E-state index is 13.0. The molecule has 0 saturated carbocycles. The summed E-state index contributed by atoms with van der Waals surface area (Å²) in [7, 11) is 0. The molecule has 2 fully saturated rings. The van der Waals surface area contributed by atoms with E-state index in [0.717, 1.165) is 25.8 Å². The van der Waals surface area contributed by atoms with Crippen LogP contribution in [0.25, 0.3) is 0 Å². The predicted molar refractivity (Wildman–Crippen MR) is 99.3 cm³/mol. The number of anilines is 1. The minimum atomic E-state index is -0.473. The summed E-state index contributed by atoms with van der Waals surface area (Å²) < 4.78 is 4.95. The van der Waals surface area contributed by atoms with Crippen LogP contribution in [0.15, 0.2) is 24.3 Å². The Hall–Kier alpha value is -2.25. The standard InChI is InChI=1S/C20H26N2O5/c1-2-27-20(26)14-6-8-16(9-7-14)22-18(24)13-17(19(22)25)21-11-4-3-5-15(21)10-12-23/h6-9,15,17,23H,2-5,10-13H2,1H3/t15-,17+/m1/s1. The Morgan fingerprint density at radius 3 is 2.63 bits per heavy atom. The van der Waals surface area contributed by atoms with Crippen molar-refractivity contribution in [3.8, 4) is 0 Å². The van der Waals surface area contributed by atoms with Gasteiger partial charge >= 0.3 is 5.97 Å². The van der Waals surface area contributed by atoms with Gasteiger partial charge in [0.05, 0.1) is 30.3 Å². The van der Waals surface area contributed by atoms with Gasteiger partial charge in [-0.05, 0) is 57.0 Å². The van der Waals surface area contributed by atoms with E-state index in [1.807, 2.05) is 0 Å². The lowest BCUT2D eigenvalue weighted by Crippen LogP contribution is -2.50. The molecule has 27 heavy (non-hydrogen) atoms. The highest BCUT2D eigenvalue weighted by Crippen LogP contribution is 2.30. The molecule has 0 aromatic heterocycles. The van der Waals surface area contributed by atoms with Gasteiger partial charge in [0, 0.05) is 12.6 Å². The number of hydrogen-bond donors (Lipinski definition) is 1. The number of ether oxygens (including phenoxy) is 1. The van der Waals surface area contributed by atoms with Crippen LogP contribution in [0.1, 0.15) is 49.4 Å². The van der Waals surface area contributed by atoms with Crippen LogP contribution in [0.3, 0.4) is 0 Å². The van der Waals surface area contributed by atoms with Crippen LogP contribution in [-0.4, -0.2) is 59.6 Å². The van der Waals surface area contributed by atoms with Crippen molar-refractivity contribution in [2.45, 2.75) is 51.1 Å².